The Bertz CT molecular complexity index is 434. The van der Waals surface area contributed by atoms with E-state index in [0.29, 0.717) is 36.3 Å². The van der Waals surface area contributed by atoms with Gasteiger partial charge in [-0.15, -0.1) is 0 Å². The van der Waals surface area contributed by atoms with Crippen LogP contribution in [0.4, 0.5) is 10.8 Å². The SMILES string of the molecule is CCOCC(Nc1snc(N)c1C(=O)OCC)C(C)C. The monoisotopic (exact) mass is 301 g/mol. The smallest absolute Gasteiger partial charge is 0.344 e. The van der Waals surface area contributed by atoms with Crippen molar-refractivity contribution >= 4 is 28.3 Å². The van der Waals surface area contributed by atoms with E-state index in [1.807, 2.05) is 6.92 Å². The van der Waals surface area contributed by atoms with E-state index in [-0.39, 0.29) is 11.9 Å². The van der Waals surface area contributed by atoms with Crippen LogP contribution in [0.25, 0.3) is 0 Å². The van der Waals surface area contributed by atoms with Crippen molar-refractivity contribution in [3.8, 4) is 0 Å². The fourth-order valence-electron chi connectivity index (χ4n) is 1.62. The molecule has 1 unspecified atom stereocenters. The van der Waals surface area contributed by atoms with Crippen LogP contribution in [0.5, 0.6) is 0 Å². The van der Waals surface area contributed by atoms with Gasteiger partial charge in [-0.05, 0) is 31.3 Å². The summed E-state index contributed by atoms with van der Waals surface area (Å²) >= 11 is 1.17. The van der Waals surface area contributed by atoms with Crippen LogP contribution in [-0.4, -0.2) is 36.2 Å². The summed E-state index contributed by atoms with van der Waals surface area (Å²) in [5, 5.41) is 3.93. The molecule has 1 aromatic heterocycles. The Labute approximate surface area is 123 Å². The molecule has 0 aliphatic rings. The van der Waals surface area contributed by atoms with E-state index in [0.717, 1.165) is 0 Å². The van der Waals surface area contributed by atoms with Crippen molar-refractivity contribution in [2.75, 3.05) is 30.9 Å². The quantitative estimate of drug-likeness (QED) is 0.717. The zero-order valence-electron chi connectivity index (χ0n) is 12.4. The number of carbonyl (C=O) groups excluding carboxylic acids is 1. The second-order valence-corrected chi connectivity index (χ2v) is 5.42. The fourth-order valence-corrected chi connectivity index (χ4v) is 2.38. The molecule has 6 nitrogen and oxygen atoms in total. The van der Waals surface area contributed by atoms with Crippen LogP contribution < -0.4 is 11.1 Å². The van der Waals surface area contributed by atoms with Gasteiger partial charge in [-0.3, -0.25) is 0 Å². The molecule has 7 heteroatoms. The Morgan fingerprint density at radius 3 is 2.65 bits per heavy atom. The summed E-state index contributed by atoms with van der Waals surface area (Å²) in [6, 6.07) is 0.0861. The first-order valence-electron chi connectivity index (χ1n) is 6.77. The predicted molar refractivity (Wildman–Crippen MR) is 81.2 cm³/mol. The summed E-state index contributed by atoms with van der Waals surface area (Å²) in [7, 11) is 0. The van der Waals surface area contributed by atoms with Gasteiger partial charge in [0.25, 0.3) is 0 Å². The number of hydrogen-bond donors (Lipinski definition) is 2. The molecule has 0 spiro atoms. The van der Waals surface area contributed by atoms with Crippen molar-refractivity contribution in [2.24, 2.45) is 5.92 Å². The molecular formula is C13H23N3O3S. The highest BCUT2D eigenvalue weighted by Gasteiger charge is 2.23. The number of ether oxygens (including phenoxy) is 2. The number of carbonyl (C=O) groups is 1. The maximum atomic E-state index is 11.9. The largest absolute Gasteiger partial charge is 0.462 e. The lowest BCUT2D eigenvalue weighted by Gasteiger charge is -2.22. The van der Waals surface area contributed by atoms with Gasteiger partial charge >= 0.3 is 5.97 Å². The van der Waals surface area contributed by atoms with Gasteiger partial charge in [0.15, 0.2) is 5.82 Å². The van der Waals surface area contributed by atoms with E-state index >= 15 is 0 Å². The van der Waals surface area contributed by atoms with E-state index < -0.39 is 5.97 Å². The summed E-state index contributed by atoms with van der Waals surface area (Å²) in [6.45, 7) is 9.41. The minimum absolute atomic E-state index is 0.0861. The average molecular weight is 301 g/mol. The molecule has 1 atom stereocenters. The van der Waals surface area contributed by atoms with Crippen LogP contribution in [0.3, 0.4) is 0 Å². The van der Waals surface area contributed by atoms with Crippen LogP contribution in [0.1, 0.15) is 38.1 Å². The maximum absolute atomic E-state index is 11.9. The van der Waals surface area contributed by atoms with Crippen molar-refractivity contribution < 1.29 is 14.3 Å². The molecule has 114 valence electrons. The number of nitrogens with one attached hydrogen (secondary N) is 1. The molecule has 0 amide bonds. The van der Waals surface area contributed by atoms with E-state index in [9.17, 15) is 4.79 Å². The Kier molecular flexibility index (Phi) is 6.74. The zero-order valence-corrected chi connectivity index (χ0v) is 13.3. The van der Waals surface area contributed by atoms with Gasteiger partial charge in [-0.25, -0.2) is 4.79 Å². The normalized spacial score (nSPS) is 12.4. The zero-order chi connectivity index (χ0) is 15.1. The maximum Gasteiger partial charge on any atom is 0.344 e. The number of aromatic nitrogens is 1. The highest BCUT2D eigenvalue weighted by Crippen LogP contribution is 2.29. The van der Waals surface area contributed by atoms with Crippen LogP contribution in [0.15, 0.2) is 0 Å². The molecule has 3 N–H and O–H groups in total. The molecule has 0 radical (unpaired) electrons. The van der Waals surface area contributed by atoms with Crippen molar-refractivity contribution in [1.82, 2.24) is 4.37 Å². The molecule has 0 bridgehead atoms. The Morgan fingerprint density at radius 2 is 2.10 bits per heavy atom. The van der Waals surface area contributed by atoms with Crippen molar-refractivity contribution in [2.45, 2.75) is 33.7 Å². The van der Waals surface area contributed by atoms with Crippen molar-refractivity contribution in [1.29, 1.82) is 0 Å². The van der Waals surface area contributed by atoms with Gasteiger partial charge < -0.3 is 20.5 Å². The lowest BCUT2D eigenvalue weighted by atomic mass is 10.1. The standard InChI is InChI=1S/C13H23N3O3S/c1-5-18-7-9(8(3)4)15-12-10(11(14)16-20-12)13(17)19-6-2/h8-9,15H,5-7H2,1-4H3,(H2,14,16). The number of rotatable bonds is 8. The number of nitrogen functional groups attached to an aromatic ring is 1. The topological polar surface area (TPSA) is 86.5 Å². The second kappa shape index (κ2) is 8.06. The fraction of sp³-hybridized carbons (Fsp3) is 0.692. The molecule has 1 heterocycles. The lowest BCUT2D eigenvalue weighted by molar-refractivity contribution is 0.0528. The van der Waals surface area contributed by atoms with Crippen LogP contribution in [-0.2, 0) is 9.47 Å². The highest BCUT2D eigenvalue weighted by atomic mass is 32.1. The third kappa shape index (κ3) is 4.35. The van der Waals surface area contributed by atoms with E-state index in [2.05, 4.69) is 23.5 Å². The number of anilines is 2. The third-order valence-corrected chi connectivity index (χ3v) is 3.61. The van der Waals surface area contributed by atoms with Gasteiger partial charge in [-0.2, -0.15) is 4.37 Å². The molecular weight excluding hydrogens is 278 g/mol. The summed E-state index contributed by atoms with van der Waals surface area (Å²) < 4.78 is 14.5. The molecule has 0 fully saturated rings. The minimum atomic E-state index is -0.444. The summed E-state index contributed by atoms with van der Waals surface area (Å²) in [6.07, 6.45) is 0. The molecule has 20 heavy (non-hydrogen) atoms. The molecule has 0 aliphatic carbocycles. The molecule has 1 aromatic rings. The van der Waals surface area contributed by atoms with E-state index in [4.69, 9.17) is 15.2 Å². The number of nitrogens with zero attached hydrogens (tertiary/aromatic N) is 1. The predicted octanol–water partition coefficient (Wildman–Crippen LogP) is 2.38. The average Bonchev–Trinajstić information content (AvgIpc) is 2.75. The summed E-state index contributed by atoms with van der Waals surface area (Å²) in [5.41, 5.74) is 6.07. The van der Waals surface area contributed by atoms with E-state index in [1.165, 1.54) is 11.5 Å². The third-order valence-electron chi connectivity index (χ3n) is 2.82. The second-order valence-electron chi connectivity index (χ2n) is 4.65. The summed E-state index contributed by atoms with van der Waals surface area (Å²) in [4.78, 5) is 11.9. The Morgan fingerprint density at radius 1 is 1.40 bits per heavy atom. The van der Waals surface area contributed by atoms with Gasteiger partial charge in [0, 0.05) is 6.61 Å². The minimum Gasteiger partial charge on any atom is -0.462 e. The van der Waals surface area contributed by atoms with Crippen molar-refractivity contribution in [3.05, 3.63) is 5.56 Å². The van der Waals surface area contributed by atoms with Crippen LogP contribution >= 0.6 is 11.5 Å². The van der Waals surface area contributed by atoms with E-state index in [1.54, 1.807) is 6.92 Å². The molecule has 1 rings (SSSR count). The van der Waals surface area contributed by atoms with Crippen LogP contribution in [0, 0.1) is 5.92 Å². The lowest BCUT2D eigenvalue weighted by Crippen LogP contribution is -2.31. The molecule has 0 aliphatic heterocycles. The molecule has 0 aromatic carbocycles. The Balaban J connectivity index is 2.87. The number of nitrogens with two attached hydrogens (primary N) is 1. The molecule has 0 saturated heterocycles. The number of esters is 1. The Hall–Kier alpha value is -1.34. The molecule has 0 saturated carbocycles. The highest BCUT2D eigenvalue weighted by molar-refractivity contribution is 7.11. The summed E-state index contributed by atoms with van der Waals surface area (Å²) in [5.74, 6) is 0.106. The first kappa shape index (κ1) is 16.7. The first-order valence-corrected chi connectivity index (χ1v) is 7.55. The first-order chi connectivity index (χ1) is 9.51. The number of hydrogen-bond acceptors (Lipinski definition) is 7. The van der Waals surface area contributed by atoms with Gasteiger partial charge in [0.2, 0.25) is 0 Å². The van der Waals surface area contributed by atoms with Gasteiger partial charge in [0.05, 0.1) is 19.3 Å². The van der Waals surface area contributed by atoms with Crippen LogP contribution in [0.2, 0.25) is 0 Å². The van der Waals surface area contributed by atoms with Crippen molar-refractivity contribution in [3.63, 3.8) is 0 Å². The van der Waals surface area contributed by atoms with Gasteiger partial charge in [-0.1, -0.05) is 13.8 Å². The van der Waals surface area contributed by atoms with Gasteiger partial charge in [0.1, 0.15) is 10.6 Å².